The summed E-state index contributed by atoms with van der Waals surface area (Å²) in [7, 11) is 1.17. The number of halogens is 1. The number of ether oxygens (including phenoxy) is 1. The third kappa shape index (κ3) is 5.65. The van der Waals surface area contributed by atoms with Crippen LogP contribution in [0.1, 0.15) is 28.8 Å². The fourth-order valence-electron chi connectivity index (χ4n) is 3.47. The summed E-state index contributed by atoms with van der Waals surface area (Å²) in [6.07, 6.45) is 0. The summed E-state index contributed by atoms with van der Waals surface area (Å²) in [5.74, 6) is -4.14. The Hall–Kier alpha value is -3.61. The van der Waals surface area contributed by atoms with E-state index < -0.39 is 23.7 Å². The summed E-state index contributed by atoms with van der Waals surface area (Å²) in [4.78, 5) is 49.0. The molecule has 10 heteroatoms. The van der Waals surface area contributed by atoms with Crippen molar-refractivity contribution in [3.05, 3.63) is 75.3 Å². The number of esters is 1. The van der Waals surface area contributed by atoms with E-state index in [1.165, 1.54) is 14.0 Å². The van der Waals surface area contributed by atoms with Crippen LogP contribution in [-0.4, -0.2) is 36.4 Å². The minimum absolute atomic E-state index is 0.0852. The quantitative estimate of drug-likeness (QED) is 0.339. The van der Waals surface area contributed by atoms with Crippen molar-refractivity contribution in [3.63, 3.8) is 0 Å². The topological polar surface area (TPSA) is 125 Å². The van der Waals surface area contributed by atoms with Crippen LogP contribution in [0.15, 0.2) is 59.1 Å². The van der Waals surface area contributed by atoms with Crippen molar-refractivity contribution in [2.24, 2.45) is 5.92 Å². The Morgan fingerprint density at radius 1 is 1.15 bits per heavy atom. The van der Waals surface area contributed by atoms with Gasteiger partial charge in [-0.05, 0) is 48.9 Å². The van der Waals surface area contributed by atoms with Crippen LogP contribution in [0.25, 0.3) is 0 Å². The molecule has 1 aliphatic rings. The van der Waals surface area contributed by atoms with Crippen LogP contribution in [0.3, 0.4) is 0 Å². The molecule has 0 aliphatic carbocycles. The summed E-state index contributed by atoms with van der Waals surface area (Å²) in [5.41, 5.74) is 1.71. The molecule has 8 nitrogen and oxygen atoms in total. The van der Waals surface area contributed by atoms with Gasteiger partial charge in [0.15, 0.2) is 5.78 Å². The van der Waals surface area contributed by atoms with Gasteiger partial charge in [0.25, 0.3) is 0 Å². The maximum Gasteiger partial charge on any atom is 0.319 e. The zero-order valence-corrected chi connectivity index (χ0v) is 19.8. The smallest absolute Gasteiger partial charge is 0.319 e. The van der Waals surface area contributed by atoms with Gasteiger partial charge in [0.1, 0.15) is 5.92 Å². The van der Waals surface area contributed by atoms with Crippen molar-refractivity contribution < 1.29 is 23.9 Å². The van der Waals surface area contributed by atoms with Gasteiger partial charge in [-0.15, -0.1) is 0 Å². The Morgan fingerprint density at radius 2 is 1.79 bits per heavy atom. The van der Waals surface area contributed by atoms with Crippen LogP contribution < -0.4 is 10.6 Å². The van der Waals surface area contributed by atoms with Crippen LogP contribution in [0.5, 0.6) is 0 Å². The van der Waals surface area contributed by atoms with Gasteiger partial charge in [0, 0.05) is 22.2 Å². The maximum atomic E-state index is 12.8. The third-order valence-corrected chi connectivity index (χ3v) is 6.40. The number of thioether (sulfide) groups is 1. The van der Waals surface area contributed by atoms with Crippen molar-refractivity contribution >= 4 is 52.6 Å². The number of allylic oxidation sites excluding steroid dienone is 1. The van der Waals surface area contributed by atoms with Crippen molar-refractivity contribution in [1.29, 1.82) is 5.26 Å². The fraction of sp³-hybridized carbons (Fsp3) is 0.208. The molecule has 0 unspecified atom stereocenters. The second-order valence-electron chi connectivity index (χ2n) is 7.34. The molecule has 2 amide bonds. The number of anilines is 1. The molecule has 0 saturated heterocycles. The Balaban J connectivity index is 1.83. The lowest BCUT2D eigenvalue weighted by Gasteiger charge is -2.30. The first-order chi connectivity index (χ1) is 16.2. The van der Waals surface area contributed by atoms with Crippen molar-refractivity contribution in [3.8, 4) is 6.07 Å². The fourth-order valence-corrected chi connectivity index (χ4v) is 4.45. The number of nitriles is 1. The normalized spacial score (nSPS) is 17.4. The lowest BCUT2D eigenvalue weighted by atomic mass is 9.78. The summed E-state index contributed by atoms with van der Waals surface area (Å²) in [6, 6.07) is 15.0. The largest absolute Gasteiger partial charge is 0.468 e. The summed E-state index contributed by atoms with van der Waals surface area (Å²) >= 11 is 6.94. The number of benzene rings is 2. The van der Waals surface area contributed by atoms with E-state index in [4.69, 9.17) is 16.3 Å². The third-order valence-electron chi connectivity index (χ3n) is 5.14. The van der Waals surface area contributed by atoms with E-state index >= 15 is 0 Å². The van der Waals surface area contributed by atoms with Crippen LogP contribution in [0, 0.1) is 17.2 Å². The number of methoxy groups -OCH3 is 1. The van der Waals surface area contributed by atoms with Crippen molar-refractivity contribution in [2.45, 2.75) is 12.8 Å². The number of hydrogen-bond acceptors (Lipinski definition) is 7. The SMILES string of the molecule is COC(=O)[C@H]1C(=O)NC(SCC(=O)Nc2ccc(C(C)=O)cc2)=C(C#N)[C@H]1c1ccc(Cl)cc1. The molecule has 34 heavy (non-hydrogen) atoms. The molecule has 2 atom stereocenters. The number of hydrogen-bond donors (Lipinski definition) is 2. The highest BCUT2D eigenvalue weighted by Gasteiger charge is 2.44. The molecule has 2 N–H and O–H groups in total. The van der Waals surface area contributed by atoms with Crippen LogP contribution in [-0.2, 0) is 19.1 Å². The molecule has 174 valence electrons. The number of ketones is 1. The minimum atomic E-state index is -1.27. The molecule has 0 saturated carbocycles. The van der Waals surface area contributed by atoms with Gasteiger partial charge in [-0.3, -0.25) is 19.2 Å². The predicted molar refractivity (Wildman–Crippen MR) is 128 cm³/mol. The zero-order valence-electron chi connectivity index (χ0n) is 18.3. The first-order valence-electron chi connectivity index (χ1n) is 10.1. The lowest BCUT2D eigenvalue weighted by Crippen LogP contribution is -2.44. The summed E-state index contributed by atoms with van der Waals surface area (Å²) < 4.78 is 4.80. The molecular weight excluding hydrogens is 478 g/mol. The van der Waals surface area contributed by atoms with E-state index in [-0.39, 0.29) is 28.0 Å². The number of Topliss-reactive ketones (excluding diaryl/α,β-unsaturated/α-hetero) is 1. The zero-order chi connectivity index (χ0) is 24.8. The molecule has 0 fully saturated rings. The molecule has 2 aromatic rings. The molecule has 1 heterocycles. The van der Waals surface area contributed by atoms with Crippen LogP contribution in [0.4, 0.5) is 5.69 Å². The Labute approximate surface area is 205 Å². The standard InChI is InChI=1S/C24H20ClN3O5S/c1-13(29)14-5-9-17(10-6-14)27-19(30)12-34-23-18(11-26)20(15-3-7-16(25)8-4-15)21(22(31)28-23)24(32)33-2/h3-10,20-21H,12H2,1-2H3,(H,27,30)(H,28,31)/t20-,21-/m1/s1. The first-order valence-corrected chi connectivity index (χ1v) is 11.4. The lowest BCUT2D eigenvalue weighted by molar-refractivity contribution is -0.150. The monoisotopic (exact) mass is 497 g/mol. The van der Waals surface area contributed by atoms with Gasteiger partial charge in [0.05, 0.1) is 29.5 Å². The molecule has 0 radical (unpaired) electrons. The van der Waals surface area contributed by atoms with Gasteiger partial charge in [-0.25, -0.2) is 0 Å². The number of rotatable bonds is 7. The van der Waals surface area contributed by atoms with Crippen LogP contribution >= 0.6 is 23.4 Å². The number of nitrogens with zero attached hydrogens (tertiary/aromatic N) is 1. The molecule has 0 bridgehead atoms. The van der Waals surface area contributed by atoms with Gasteiger partial charge in [-0.1, -0.05) is 35.5 Å². The predicted octanol–water partition coefficient (Wildman–Crippen LogP) is 3.65. The van der Waals surface area contributed by atoms with E-state index in [1.54, 1.807) is 48.5 Å². The van der Waals surface area contributed by atoms with Gasteiger partial charge in [-0.2, -0.15) is 5.26 Å². The molecule has 1 aliphatic heterocycles. The average Bonchev–Trinajstić information content (AvgIpc) is 2.82. The molecular formula is C24H20ClN3O5S. The maximum absolute atomic E-state index is 12.8. The number of carbonyl (C=O) groups is 4. The van der Waals surface area contributed by atoms with Crippen molar-refractivity contribution in [2.75, 3.05) is 18.2 Å². The molecule has 2 aromatic carbocycles. The second-order valence-corrected chi connectivity index (χ2v) is 8.77. The Morgan fingerprint density at radius 3 is 2.35 bits per heavy atom. The molecule has 0 aromatic heterocycles. The number of nitrogens with one attached hydrogen (secondary N) is 2. The Kier molecular flexibility index (Phi) is 8.10. The van der Waals surface area contributed by atoms with Crippen LogP contribution in [0.2, 0.25) is 5.02 Å². The van der Waals surface area contributed by atoms with E-state index in [2.05, 4.69) is 16.7 Å². The van der Waals surface area contributed by atoms with Gasteiger partial charge >= 0.3 is 5.97 Å². The van der Waals surface area contributed by atoms with Gasteiger partial charge < -0.3 is 15.4 Å². The Bertz CT molecular complexity index is 1200. The van der Waals surface area contributed by atoms with Crippen molar-refractivity contribution in [1.82, 2.24) is 5.32 Å². The van der Waals surface area contributed by atoms with E-state index in [0.29, 0.717) is 21.8 Å². The summed E-state index contributed by atoms with van der Waals surface area (Å²) in [6.45, 7) is 1.45. The first kappa shape index (κ1) is 25.0. The number of carbonyl (C=O) groups excluding carboxylic acids is 4. The highest BCUT2D eigenvalue weighted by Crippen LogP contribution is 2.40. The molecule has 3 rings (SSSR count). The molecule has 0 spiro atoms. The van der Waals surface area contributed by atoms with E-state index in [0.717, 1.165) is 11.8 Å². The second kappa shape index (κ2) is 11.0. The van der Waals surface area contributed by atoms with E-state index in [1.807, 2.05) is 0 Å². The summed E-state index contributed by atoms with van der Waals surface area (Å²) in [5, 5.41) is 15.8. The van der Waals surface area contributed by atoms with E-state index in [9.17, 15) is 24.4 Å². The highest BCUT2D eigenvalue weighted by atomic mass is 35.5. The number of amides is 2. The van der Waals surface area contributed by atoms with Gasteiger partial charge in [0.2, 0.25) is 11.8 Å². The average molecular weight is 498 g/mol. The highest BCUT2D eigenvalue weighted by molar-refractivity contribution is 8.03. The minimum Gasteiger partial charge on any atom is -0.468 e.